The van der Waals surface area contributed by atoms with E-state index in [2.05, 4.69) is 0 Å². The molecule has 384 valence electrons. The van der Waals surface area contributed by atoms with Crippen molar-refractivity contribution in [2.75, 3.05) is 13.2 Å². The Bertz CT molecular complexity index is 2260. The second-order valence-corrected chi connectivity index (χ2v) is 16.8. The van der Waals surface area contributed by atoms with Crippen LogP contribution in [0.3, 0.4) is 0 Å². The second kappa shape index (κ2) is 25.8. The number of esters is 3. The average Bonchev–Trinajstić information content (AvgIpc) is 3.31. The van der Waals surface area contributed by atoms with Gasteiger partial charge in [-0.05, 0) is 51.5 Å². The fraction of sp³-hybridized carbons (Fsp3) is 0.458. The molecule has 2 heterocycles. The predicted octanol–water partition coefficient (Wildman–Crippen LogP) is -0.474. The molecule has 0 spiro atoms. The second-order valence-electron chi connectivity index (χ2n) is 16.8. The molecule has 12 N–H and O–H groups in total. The summed E-state index contributed by atoms with van der Waals surface area (Å²) in [4.78, 5) is 50.3. The standard InChI is InChI=1S/C48H60O22/c1-24(11-7-13-26(3)43(60)67-32-21-48(64,47(62)63)20-31(36(32)53)66-35(52)18-16-28-15-17-29(50)30(51)19-28)9-5-6-10-25(2)12-8-14-27(4)44(61)70-46-42(59)40(57)38(55)34(69-46)23-65-45-41(58)39(56)37(54)33(22-49)68-45/h5-19,31-34,36-42,45-46,49-51,53-59,64H,20-23H2,1-4H3,(H,62,63)/b6-5+,11-7+,12-8+,18-16+,24-9+,25-10+,26-13+,27-14+/t31-,32+,33?,34?,36-,37-,38-,39?,40?,41?,42?,45-,46+,48+/m1/s1. The molecular formula is C48H60O22. The molecule has 70 heavy (non-hydrogen) atoms. The van der Waals surface area contributed by atoms with Crippen LogP contribution in [0.25, 0.3) is 6.08 Å². The third-order valence-electron chi connectivity index (χ3n) is 11.2. The monoisotopic (exact) mass is 988 g/mol. The zero-order valence-corrected chi connectivity index (χ0v) is 38.4. The van der Waals surface area contributed by atoms with Crippen LogP contribution in [0.2, 0.25) is 0 Å². The largest absolute Gasteiger partial charge is 0.504 e. The summed E-state index contributed by atoms with van der Waals surface area (Å²) in [6.45, 7) is 5.07. The van der Waals surface area contributed by atoms with Crippen LogP contribution < -0.4 is 0 Å². The number of carboxylic acid groups (broad SMARTS) is 1. The zero-order chi connectivity index (χ0) is 52.0. The van der Waals surface area contributed by atoms with Gasteiger partial charge in [-0.2, -0.15) is 0 Å². The lowest BCUT2D eigenvalue weighted by atomic mass is 9.79. The van der Waals surface area contributed by atoms with Crippen LogP contribution in [-0.4, -0.2) is 184 Å². The Kier molecular flexibility index (Phi) is 20.9. The fourth-order valence-corrected chi connectivity index (χ4v) is 6.95. The van der Waals surface area contributed by atoms with Crippen molar-refractivity contribution in [2.24, 2.45) is 0 Å². The lowest BCUT2D eigenvalue weighted by Crippen LogP contribution is -2.61. The molecule has 22 heteroatoms. The van der Waals surface area contributed by atoms with Crippen LogP contribution in [0.1, 0.15) is 46.1 Å². The highest BCUT2D eigenvalue weighted by molar-refractivity contribution is 5.89. The maximum atomic E-state index is 13.0. The van der Waals surface area contributed by atoms with Crippen molar-refractivity contribution in [3.05, 3.63) is 113 Å². The molecule has 1 aliphatic carbocycles. The van der Waals surface area contributed by atoms with Crippen molar-refractivity contribution < 1.29 is 109 Å². The molecule has 6 unspecified atom stereocenters. The number of hydrogen-bond donors (Lipinski definition) is 12. The summed E-state index contributed by atoms with van der Waals surface area (Å²) in [5, 5.41) is 121. The zero-order valence-electron chi connectivity index (χ0n) is 38.4. The number of hydrogen-bond acceptors (Lipinski definition) is 21. The lowest BCUT2D eigenvalue weighted by molar-refractivity contribution is -0.326. The SMILES string of the molecule is CC(/C=C/C=C(\C)C(=O)O[C@@H]1OC(CO[C@@H]2OC(CO)[C@@H](O)C(O)C2O)[C@@H](O)C(O)C1O)=C\C=C\C=C(C)\C=C\C=C(/C)C(=O)O[C@H]1C[C@](O)(C(=O)O)C[C@@H](OC(=O)/C=C/c2ccc(O)c(O)c2)[C@H]1O. The van der Waals surface area contributed by atoms with Crippen LogP contribution in [0, 0.1) is 0 Å². The summed E-state index contributed by atoms with van der Waals surface area (Å²) in [6, 6.07) is 3.74. The number of aliphatic hydroxyl groups is 9. The summed E-state index contributed by atoms with van der Waals surface area (Å²) >= 11 is 0. The van der Waals surface area contributed by atoms with Gasteiger partial charge in [0.2, 0.25) is 6.29 Å². The lowest BCUT2D eigenvalue weighted by Gasteiger charge is -2.42. The van der Waals surface area contributed by atoms with E-state index in [9.17, 15) is 80.5 Å². The Morgan fingerprint density at radius 2 is 1.14 bits per heavy atom. The van der Waals surface area contributed by atoms with Crippen LogP contribution in [-0.2, 0) is 47.6 Å². The van der Waals surface area contributed by atoms with Crippen molar-refractivity contribution >= 4 is 30.0 Å². The maximum Gasteiger partial charge on any atom is 0.336 e. The Hall–Kier alpha value is -5.86. The van der Waals surface area contributed by atoms with Crippen molar-refractivity contribution in [2.45, 2.75) is 126 Å². The molecule has 0 radical (unpaired) electrons. The third kappa shape index (κ3) is 15.6. The first-order valence-electron chi connectivity index (χ1n) is 21.8. The quantitative estimate of drug-likeness (QED) is 0.0291. The smallest absolute Gasteiger partial charge is 0.336 e. The number of carboxylic acids is 1. The van der Waals surface area contributed by atoms with Gasteiger partial charge in [0.15, 0.2) is 23.4 Å². The van der Waals surface area contributed by atoms with Crippen molar-refractivity contribution in [3.8, 4) is 11.5 Å². The first kappa shape index (κ1) is 56.7. The number of rotatable bonds is 18. The molecule has 3 fully saturated rings. The predicted molar refractivity (Wildman–Crippen MR) is 241 cm³/mol. The van der Waals surface area contributed by atoms with Gasteiger partial charge >= 0.3 is 23.9 Å². The number of benzene rings is 1. The maximum absolute atomic E-state index is 13.0. The molecular weight excluding hydrogens is 929 g/mol. The number of aliphatic hydroxyl groups excluding tert-OH is 8. The summed E-state index contributed by atoms with van der Waals surface area (Å²) in [6.07, 6.45) is -4.49. The van der Waals surface area contributed by atoms with Gasteiger partial charge in [0, 0.05) is 30.1 Å². The molecule has 1 aromatic rings. The number of phenolic OH excluding ortho intramolecular Hbond substituents is 2. The minimum atomic E-state index is -2.51. The van der Waals surface area contributed by atoms with E-state index in [-0.39, 0.29) is 16.9 Å². The Balaban J connectivity index is 1.26. The highest BCUT2D eigenvalue weighted by atomic mass is 16.7. The van der Waals surface area contributed by atoms with Crippen LogP contribution >= 0.6 is 0 Å². The van der Waals surface area contributed by atoms with Crippen molar-refractivity contribution in [1.29, 1.82) is 0 Å². The van der Waals surface area contributed by atoms with Gasteiger partial charge in [0.25, 0.3) is 0 Å². The number of carbonyl (C=O) groups excluding carboxylic acids is 3. The Morgan fingerprint density at radius 1 is 0.629 bits per heavy atom. The molecule has 2 saturated heterocycles. The summed E-state index contributed by atoms with van der Waals surface area (Å²) < 4.78 is 32.0. The van der Waals surface area contributed by atoms with Gasteiger partial charge in [-0.3, -0.25) is 0 Å². The molecule has 3 aliphatic rings. The first-order chi connectivity index (χ1) is 33.0. The van der Waals surface area contributed by atoms with Crippen LogP contribution in [0.4, 0.5) is 0 Å². The number of aliphatic carboxylic acids is 1. The number of ether oxygens (including phenoxy) is 6. The summed E-state index contributed by atoms with van der Waals surface area (Å²) in [5.41, 5.74) is -0.576. The number of carbonyl (C=O) groups is 4. The minimum Gasteiger partial charge on any atom is -0.504 e. The highest BCUT2D eigenvalue weighted by Crippen LogP contribution is 2.34. The van der Waals surface area contributed by atoms with Crippen molar-refractivity contribution in [1.82, 2.24) is 0 Å². The van der Waals surface area contributed by atoms with Gasteiger partial charge in [-0.1, -0.05) is 78.0 Å². The molecule has 0 bridgehead atoms. The highest BCUT2D eigenvalue weighted by Gasteiger charge is 2.53. The minimum absolute atomic E-state index is 0.0538. The summed E-state index contributed by atoms with van der Waals surface area (Å²) in [7, 11) is 0. The molecule has 0 aromatic heterocycles. The molecule has 14 atom stereocenters. The van der Waals surface area contributed by atoms with Crippen LogP contribution in [0.5, 0.6) is 11.5 Å². The fourth-order valence-electron chi connectivity index (χ4n) is 6.95. The van der Waals surface area contributed by atoms with E-state index < -0.39 is 141 Å². The van der Waals surface area contributed by atoms with Gasteiger partial charge < -0.3 is 89.7 Å². The molecule has 1 saturated carbocycles. The number of aromatic hydroxyl groups is 2. The van der Waals surface area contributed by atoms with Gasteiger partial charge in [0.05, 0.1) is 13.2 Å². The third-order valence-corrected chi connectivity index (χ3v) is 11.2. The van der Waals surface area contributed by atoms with E-state index >= 15 is 0 Å². The molecule has 0 amide bonds. The van der Waals surface area contributed by atoms with Gasteiger partial charge in [-0.15, -0.1) is 0 Å². The van der Waals surface area contributed by atoms with Crippen LogP contribution in [0.15, 0.2) is 107 Å². The normalized spacial score (nSPS) is 32.7. The van der Waals surface area contributed by atoms with Gasteiger partial charge in [-0.25, -0.2) is 19.2 Å². The number of phenols is 2. The average molecular weight is 989 g/mol. The molecule has 2 aliphatic heterocycles. The van der Waals surface area contributed by atoms with Gasteiger partial charge in [0.1, 0.15) is 67.1 Å². The first-order valence-corrected chi connectivity index (χ1v) is 21.8. The topological polar surface area (TPSA) is 366 Å². The molecule has 4 rings (SSSR count). The number of allylic oxidation sites excluding steroid dienone is 12. The van der Waals surface area contributed by atoms with E-state index in [1.54, 1.807) is 62.5 Å². The van der Waals surface area contributed by atoms with E-state index in [1.807, 2.05) is 0 Å². The Labute approximate surface area is 401 Å². The van der Waals surface area contributed by atoms with Crippen molar-refractivity contribution in [3.63, 3.8) is 0 Å². The Morgan fingerprint density at radius 3 is 1.69 bits per heavy atom. The van der Waals surface area contributed by atoms with E-state index in [1.165, 1.54) is 44.2 Å². The van der Waals surface area contributed by atoms with E-state index in [0.29, 0.717) is 5.56 Å². The molecule has 22 nitrogen and oxygen atoms in total. The van der Waals surface area contributed by atoms with E-state index in [0.717, 1.165) is 23.3 Å². The van der Waals surface area contributed by atoms with E-state index in [4.69, 9.17) is 28.4 Å². The summed E-state index contributed by atoms with van der Waals surface area (Å²) in [5.74, 6) is -5.42. The molecule has 1 aromatic carbocycles.